The normalized spacial score (nSPS) is 8.80. The third-order valence-corrected chi connectivity index (χ3v) is 1.81. The Morgan fingerprint density at radius 3 is 1.80 bits per heavy atom. The van der Waals surface area contributed by atoms with E-state index in [1.165, 1.54) is 14.0 Å². The lowest BCUT2D eigenvalue weighted by atomic mass is 10.7. The van der Waals surface area contributed by atoms with Crippen LogP contribution in [-0.2, 0) is 4.79 Å². The highest BCUT2D eigenvalue weighted by Crippen LogP contribution is 2.06. The van der Waals surface area contributed by atoms with E-state index in [1.807, 2.05) is 0 Å². The van der Waals surface area contributed by atoms with Gasteiger partial charge < -0.3 is 0 Å². The molecule has 0 saturated carbocycles. The van der Waals surface area contributed by atoms with Crippen molar-refractivity contribution in [3.63, 3.8) is 0 Å². The van der Waals surface area contributed by atoms with E-state index in [9.17, 15) is 9.59 Å². The second kappa shape index (κ2) is 3.92. The monoisotopic (exact) mass is 272 g/mol. The Bertz CT molecular complexity index is 159. The van der Waals surface area contributed by atoms with Crippen LogP contribution in [0.1, 0.15) is 6.92 Å². The Kier molecular flexibility index (Phi) is 3.88. The third-order valence-electron chi connectivity index (χ3n) is 0.708. The standard InChI is InChI=1S/C4H6Br2N2O2/c1-3(9)8(6)4(10)7(2)5/h1-2H3. The molecule has 0 aliphatic rings. The van der Waals surface area contributed by atoms with Crippen molar-refractivity contribution in [3.8, 4) is 0 Å². The maximum Gasteiger partial charge on any atom is 0.346 e. The largest absolute Gasteiger partial charge is 0.346 e. The maximum atomic E-state index is 10.8. The molecule has 0 bridgehead atoms. The molecule has 0 atom stereocenters. The molecule has 0 unspecified atom stereocenters. The first-order chi connectivity index (χ1) is 4.46. The highest BCUT2D eigenvalue weighted by Gasteiger charge is 2.16. The number of hydrogen-bond acceptors (Lipinski definition) is 2. The van der Waals surface area contributed by atoms with Crippen molar-refractivity contribution in [1.82, 2.24) is 7.85 Å². The highest BCUT2D eigenvalue weighted by atomic mass is 79.9. The summed E-state index contributed by atoms with van der Waals surface area (Å²) < 4.78 is 1.94. The van der Waals surface area contributed by atoms with Gasteiger partial charge in [-0.25, -0.2) is 4.79 Å². The van der Waals surface area contributed by atoms with Gasteiger partial charge in [0.15, 0.2) is 0 Å². The molecule has 0 aliphatic carbocycles. The molecule has 58 valence electrons. The molecule has 10 heavy (non-hydrogen) atoms. The van der Waals surface area contributed by atoms with Crippen molar-refractivity contribution in [1.29, 1.82) is 0 Å². The van der Waals surface area contributed by atoms with E-state index in [0.717, 1.165) is 7.85 Å². The lowest BCUT2D eigenvalue weighted by Gasteiger charge is -2.13. The molecule has 3 amide bonds. The molecule has 0 radical (unpaired) electrons. The van der Waals surface area contributed by atoms with Crippen molar-refractivity contribution in [2.45, 2.75) is 6.92 Å². The van der Waals surface area contributed by atoms with Crippen LogP contribution in [0.5, 0.6) is 0 Å². The molecule has 0 N–H and O–H groups in total. The summed E-state index contributed by atoms with van der Waals surface area (Å²) >= 11 is 5.64. The predicted octanol–water partition coefficient (Wildman–Crippen LogP) is 1.51. The zero-order valence-corrected chi connectivity index (χ0v) is 8.64. The number of rotatable bonds is 0. The molecular formula is C4H6Br2N2O2. The topological polar surface area (TPSA) is 40.6 Å². The van der Waals surface area contributed by atoms with Gasteiger partial charge in [-0.1, -0.05) is 0 Å². The number of carbonyl (C=O) groups is 2. The summed E-state index contributed by atoms with van der Waals surface area (Å²) in [6.07, 6.45) is 0. The van der Waals surface area contributed by atoms with Crippen LogP contribution in [0.15, 0.2) is 0 Å². The first-order valence-corrected chi connectivity index (χ1v) is 3.78. The Hall–Kier alpha value is -0.100. The van der Waals surface area contributed by atoms with E-state index in [4.69, 9.17) is 0 Å². The van der Waals surface area contributed by atoms with Gasteiger partial charge in [0.25, 0.3) is 0 Å². The Morgan fingerprint density at radius 2 is 1.70 bits per heavy atom. The van der Waals surface area contributed by atoms with Crippen LogP contribution in [-0.4, -0.2) is 26.8 Å². The summed E-state index contributed by atoms with van der Waals surface area (Å²) in [5.41, 5.74) is 0. The molecule has 0 fully saturated rings. The molecule has 0 aromatic heterocycles. The fourth-order valence-corrected chi connectivity index (χ4v) is 0.865. The van der Waals surface area contributed by atoms with Gasteiger partial charge in [-0.2, -0.15) is 3.93 Å². The second-order valence-electron chi connectivity index (χ2n) is 1.56. The summed E-state index contributed by atoms with van der Waals surface area (Å²) in [5, 5.41) is 0. The van der Waals surface area contributed by atoms with Crippen molar-refractivity contribution in [2.24, 2.45) is 0 Å². The van der Waals surface area contributed by atoms with E-state index < -0.39 is 6.03 Å². The van der Waals surface area contributed by atoms with Crippen molar-refractivity contribution >= 4 is 44.2 Å². The molecule has 0 saturated heterocycles. The zero-order valence-electron chi connectivity index (χ0n) is 5.47. The fourth-order valence-electron chi connectivity index (χ4n) is 0.256. The van der Waals surface area contributed by atoms with E-state index in [0.29, 0.717) is 0 Å². The van der Waals surface area contributed by atoms with E-state index in [2.05, 4.69) is 32.3 Å². The maximum absolute atomic E-state index is 10.8. The average molecular weight is 274 g/mol. The van der Waals surface area contributed by atoms with Crippen LogP contribution in [0.25, 0.3) is 0 Å². The number of nitrogens with zero attached hydrogens (tertiary/aromatic N) is 2. The van der Waals surface area contributed by atoms with Crippen LogP contribution in [0.2, 0.25) is 0 Å². The molecule has 0 heterocycles. The van der Waals surface area contributed by atoms with Crippen LogP contribution in [0.3, 0.4) is 0 Å². The van der Waals surface area contributed by atoms with E-state index in [-0.39, 0.29) is 5.91 Å². The zero-order chi connectivity index (χ0) is 8.31. The molecule has 0 aromatic carbocycles. The highest BCUT2D eigenvalue weighted by molar-refractivity contribution is 9.08. The van der Waals surface area contributed by atoms with E-state index >= 15 is 0 Å². The van der Waals surface area contributed by atoms with Crippen LogP contribution < -0.4 is 0 Å². The van der Waals surface area contributed by atoms with Crippen LogP contribution in [0.4, 0.5) is 4.79 Å². The van der Waals surface area contributed by atoms with Gasteiger partial charge in [-0.3, -0.25) is 8.72 Å². The van der Waals surface area contributed by atoms with Crippen LogP contribution >= 0.6 is 32.3 Å². The Morgan fingerprint density at radius 1 is 1.30 bits per heavy atom. The minimum absolute atomic E-state index is 0.365. The third kappa shape index (κ3) is 2.66. The minimum Gasteiger partial charge on any atom is -0.274 e. The molecule has 4 nitrogen and oxygen atoms in total. The molecule has 0 aromatic rings. The summed E-state index contributed by atoms with van der Waals surface area (Å²) in [5.74, 6) is -0.365. The fraction of sp³-hybridized carbons (Fsp3) is 0.500. The first kappa shape index (κ1) is 9.90. The van der Waals surface area contributed by atoms with Gasteiger partial charge in [0.2, 0.25) is 5.91 Å². The van der Waals surface area contributed by atoms with Crippen molar-refractivity contribution in [2.75, 3.05) is 7.05 Å². The van der Waals surface area contributed by atoms with Crippen LogP contribution in [0, 0.1) is 0 Å². The van der Waals surface area contributed by atoms with Gasteiger partial charge in [0.1, 0.15) is 0 Å². The predicted molar refractivity (Wildman–Crippen MR) is 43.5 cm³/mol. The molecule has 6 heteroatoms. The number of carbonyl (C=O) groups excluding carboxylic acids is 2. The molecule has 0 spiro atoms. The Balaban J connectivity index is 4.08. The lowest BCUT2D eigenvalue weighted by Crippen LogP contribution is -2.32. The van der Waals surface area contributed by atoms with Crippen molar-refractivity contribution < 1.29 is 9.59 Å². The number of hydrogen-bond donors (Lipinski definition) is 0. The van der Waals surface area contributed by atoms with Crippen molar-refractivity contribution in [3.05, 3.63) is 0 Å². The SMILES string of the molecule is CC(=O)N(Br)C(=O)N(C)Br. The number of urea groups is 1. The van der Waals surface area contributed by atoms with E-state index in [1.54, 1.807) is 0 Å². The van der Waals surface area contributed by atoms with Gasteiger partial charge in [0.05, 0.1) is 32.3 Å². The molecule has 0 rings (SSSR count). The second-order valence-corrected chi connectivity index (χ2v) is 3.33. The molecular weight excluding hydrogens is 268 g/mol. The number of amides is 3. The summed E-state index contributed by atoms with van der Waals surface area (Å²) in [6, 6.07) is -0.465. The summed E-state index contributed by atoms with van der Waals surface area (Å²) in [4.78, 5) is 21.3. The number of halogens is 2. The average Bonchev–Trinajstić information content (AvgIpc) is 1.84. The minimum atomic E-state index is -0.465. The van der Waals surface area contributed by atoms with Gasteiger partial charge >= 0.3 is 6.03 Å². The smallest absolute Gasteiger partial charge is 0.274 e. The lowest BCUT2D eigenvalue weighted by molar-refractivity contribution is -0.121. The summed E-state index contributed by atoms with van der Waals surface area (Å²) in [7, 11) is 1.49. The van der Waals surface area contributed by atoms with Gasteiger partial charge in [-0.15, -0.1) is 0 Å². The Labute approximate surface area is 75.8 Å². The number of imide groups is 1. The van der Waals surface area contributed by atoms with Gasteiger partial charge in [0, 0.05) is 14.0 Å². The first-order valence-electron chi connectivity index (χ1n) is 2.36. The van der Waals surface area contributed by atoms with Gasteiger partial charge in [-0.05, 0) is 0 Å². The molecule has 0 aliphatic heterocycles. The quantitative estimate of drug-likeness (QED) is 0.628. The summed E-state index contributed by atoms with van der Waals surface area (Å²) in [6.45, 7) is 1.28.